The average Bonchev–Trinajstić information content (AvgIpc) is 2.98. The number of rotatable bonds is 4. The third kappa shape index (κ3) is 2.25. The Labute approximate surface area is 78.4 Å². The van der Waals surface area contributed by atoms with Gasteiger partial charge in [0, 0.05) is 24.2 Å². The fourth-order valence-corrected chi connectivity index (χ4v) is 1.40. The van der Waals surface area contributed by atoms with Crippen LogP contribution in [-0.2, 0) is 6.42 Å². The molecule has 0 spiro atoms. The lowest BCUT2D eigenvalue weighted by Crippen LogP contribution is -2.04. The number of nitrogens with two attached hydrogens (primary N) is 1. The molecule has 3 heteroatoms. The molecule has 1 aromatic heterocycles. The van der Waals surface area contributed by atoms with Crippen LogP contribution in [0.15, 0.2) is 12.3 Å². The van der Waals surface area contributed by atoms with Crippen molar-refractivity contribution in [3.8, 4) is 0 Å². The highest BCUT2D eigenvalue weighted by Gasteiger charge is 2.24. The lowest BCUT2D eigenvalue weighted by molar-refractivity contribution is 0.768. The number of aromatic nitrogens is 2. The summed E-state index contributed by atoms with van der Waals surface area (Å²) in [5.74, 6) is 1.68. The van der Waals surface area contributed by atoms with Crippen molar-refractivity contribution >= 4 is 0 Å². The van der Waals surface area contributed by atoms with Gasteiger partial charge in [-0.25, -0.2) is 9.97 Å². The summed E-state index contributed by atoms with van der Waals surface area (Å²) in [6.07, 6.45) is 6.36. The van der Waals surface area contributed by atoms with Gasteiger partial charge < -0.3 is 5.73 Å². The molecule has 0 unspecified atom stereocenters. The molecule has 0 saturated heterocycles. The fraction of sp³-hybridized carbons (Fsp3) is 0.600. The summed E-state index contributed by atoms with van der Waals surface area (Å²) in [7, 11) is 0. The first kappa shape index (κ1) is 8.63. The second-order valence-corrected chi connectivity index (χ2v) is 3.56. The summed E-state index contributed by atoms with van der Waals surface area (Å²) in [4.78, 5) is 8.73. The van der Waals surface area contributed by atoms with E-state index in [1.165, 1.54) is 18.5 Å². The zero-order valence-electron chi connectivity index (χ0n) is 7.74. The van der Waals surface area contributed by atoms with Crippen LogP contribution in [0.5, 0.6) is 0 Å². The third-order valence-corrected chi connectivity index (χ3v) is 2.33. The van der Waals surface area contributed by atoms with Gasteiger partial charge in [-0.2, -0.15) is 0 Å². The van der Waals surface area contributed by atoms with Crippen LogP contribution in [0, 0.1) is 0 Å². The first-order valence-corrected chi connectivity index (χ1v) is 4.92. The molecule has 0 amide bonds. The number of hydrogen-bond acceptors (Lipinski definition) is 3. The predicted octanol–water partition coefficient (Wildman–Crippen LogP) is 1.25. The van der Waals surface area contributed by atoms with Crippen LogP contribution in [0.2, 0.25) is 0 Å². The Morgan fingerprint density at radius 1 is 1.46 bits per heavy atom. The van der Waals surface area contributed by atoms with Crippen molar-refractivity contribution in [2.45, 2.75) is 31.6 Å². The summed E-state index contributed by atoms with van der Waals surface area (Å²) in [6.45, 7) is 0.719. The third-order valence-electron chi connectivity index (χ3n) is 2.33. The van der Waals surface area contributed by atoms with Crippen molar-refractivity contribution < 1.29 is 0 Å². The van der Waals surface area contributed by atoms with E-state index in [1.54, 1.807) is 0 Å². The summed E-state index contributed by atoms with van der Waals surface area (Å²) in [5.41, 5.74) is 6.66. The van der Waals surface area contributed by atoms with E-state index in [2.05, 4.69) is 9.97 Å². The Morgan fingerprint density at radius 3 is 3.00 bits per heavy atom. The van der Waals surface area contributed by atoms with Gasteiger partial charge in [0.25, 0.3) is 0 Å². The van der Waals surface area contributed by atoms with Crippen molar-refractivity contribution in [2.75, 3.05) is 6.54 Å². The van der Waals surface area contributed by atoms with Gasteiger partial charge in [0.2, 0.25) is 0 Å². The predicted molar refractivity (Wildman–Crippen MR) is 51.4 cm³/mol. The molecule has 1 heterocycles. The molecule has 2 N–H and O–H groups in total. The second kappa shape index (κ2) is 3.83. The smallest absolute Gasteiger partial charge is 0.128 e. The summed E-state index contributed by atoms with van der Waals surface area (Å²) in [5, 5.41) is 0. The Kier molecular flexibility index (Phi) is 2.54. The van der Waals surface area contributed by atoms with Crippen LogP contribution >= 0.6 is 0 Å². The normalized spacial score (nSPS) is 16.1. The molecule has 1 aliphatic rings. The van der Waals surface area contributed by atoms with E-state index in [1.807, 2.05) is 12.3 Å². The summed E-state index contributed by atoms with van der Waals surface area (Å²) < 4.78 is 0. The van der Waals surface area contributed by atoms with Crippen molar-refractivity contribution in [2.24, 2.45) is 5.73 Å². The molecule has 0 radical (unpaired) electrons. The molecule has 13 heavy (non-hydrogen) atoms. The summed E-state index contributed by atoms with van der Waals surface area (Å²) in [6, 6.07) is 2.03. The molecule has 1 saturated carbocycles. The van der Waals surface area contributed by atoms with Crippen LogP contribution < -0.4 is 5.73 Å². The van der Waals surface area contributed by atoms with E-state index < -0.39 is 0 Å². The quantitative estimate of drug-likeness (QED) is 0.753. The van der Waals surface area contributed by atoms with Gasteiger partial charge in [-0.3, -0.25) is 0 Å². The largest absolute Gasteiger partial charge is 0.330 e. The van der Waals surface area contributed by atoms with Crippen LogP contribution in [0.3, 0.4) is 0 Å². The second-order valence-electron chi connectivity index (χ2n) is 3.56. The van der Waals surface area contributed by atoms with Gasteiger partial charge in [0.1, 0.15) is 5.82 Å². The maximum Gasteiger partial charge on any atom is 0.128 e. The zero-order chi connectivity index (χ0) is 9.10. The van der Waals surface area contributed by atoms with Crippen molar-refractivity contribution in [1.82, 2.24) is 9.97 Å². The van der Waals surface area contributed by atoms with Crippen molar-refractivity contribution in [3.05, 3.63) is 23.8 Å². The first-order chi connectivity index (χ1) is 6.40. The molecule has 3 nitrogen and oxygen atoms in total. The van der Waals surface area contributed by atoms with Crippen LogP contribution in [0.25, 0.3) is 0 Å². The summed E-state index contributed by atoms with van der Waals surface area (Å²) >= 11 is 0. The van der Waals surface area contributed by atoms with Crippen LogP contribution in [0.4, 0.5) is 0 Å². The van der Waals surface area contributed by atoms with Gasteiger partial charge in [-0.1, -0.05) is 0 Å². The van der Waals surface area contributed by atoms with Gasteiger partial charge in [0.05, 0.1) is 0 Å². The fourth-order valence-electron chi connectivity index (χ4n) is 1.40. The van der Waals surface area contributed by atoms with E-state index in [-0.39, 0.29) is 0 Å². The maximum absolute atomic E-state index is 5.43. The number of nitrogens with zero attached hydrogens (tertiary/aromatic N) is 2. The molecule has 1 aliphatic carbocycles. The molecule has 0 aromatic carbocycles. The van der Waals surface area contributed by atoms with E-state index in [0.29, 0.717) is 0 Å². The monoisotopic (exact) mass is 177 g/mol. The highest BCUT2D eigenvalue weighted by molar-refractivity contribution is 5.13. The Bertz CT molecular complexity index is 281. The minimum atomic E-state index is 0.719. The SMILES string of the molecule is NCCCc1nccc(C2CC2)n1. The minimum absolute atomic E-state index is 0.719. The highest BCUT2D eigenvalue weighted by atomic mass is 14.9. The molecule has 1 fully saturated rings. The van der Waals surface area contributed by atoms with Gasteiger partial charge >= 0.3 is 0 Å². The van der Waals surface area contributed by atoms with Gasteiger partial charge in [-0.05, 0) is 31.9 Å². The molecular weight excluding hydrogens is 162 g/mol. The van der Waals surface area contributed by atoms with Gasteiger partial charge in [0.15, 0.2) is 0 Å². The number of aryl methyl sites for hydroxylation is 1. The molecule has 0 bridgehead atoms. The lowest BCUT2D eigenvalue weighted by Gasteiger charge is -2.00. The molecular formula is C10H15N3. The number of hydrogen-bond donors (Lipinski definition) is 1. The Balaban J connectivity index is 2.03. The standard InChI is InChI=1S/C10H15N3/c11-6-1-2-10-12-7-5-9(13-10)8-3-4-8/h5,7-8H,1-4,6,11H2. The molecule has 2 rings (SSSR count). The molecule has 0 atom stereocenters. The molecule has 70 valence electrons. The van der Waals surface area contributed by atoms with E-state index in [0.717, 1.165) is 31.1 Å². The van der Waals surface area contributed by atoms with Crippen molar-refractivity contribution in [1.29, 1.82) is 0 Å². The first-order valence-electron chi connectivity index (χ1n) is 4.92. The molecule has 1 aromatic rings. The van der Waals surface area contributed by atoms with E-state index >= 15 is 0 Å². The minimum Gasteiger partial charge on any atom is -0.330 e. The topological polar surface area (TPSA) is 51.8 Å². The van der Waals surface area contributed by atoms with Crippen LogP contribution in [-0.4, -0.2) is 16.5 Å². The average molecular weight is 177 g/mol. The molecule has 0 aliphatic heterocycles. The highest BCUT2D eigenvalue weighted by Crippen LogP contribution is 2.38. The lowest BCUT2D eigenvalue weighted by atomic mass is 10.2. The maximum atomic E-state index is 5.43. The van der Waals surface area contributed by atoms with E-state index in [4.69, 9.17) is 5.73 Å². The van der Waals surface area contributed by atoms with Crippen LogP contribution in [0.1, 0.15) is 36.7 Å². The Morgan fingerprint density at radius 2 is 2.31 bits per heavy atom. The van der Waals surface area contributed by atoms with E-state index in [9.17, 15) is 0 Å². The van der Waals surface area contributed by atoms with Gasteiger partial charge in [-0.15, -0.1) is 0 Å². The van der Waals surface area contributed by atoms with Crippen molar-refractivity contribution in [3.63, 3.8) is 0 Å². The zero-order valence-corrected chi connectivity index (χ0v) is 7.74. The Hall–Kier alpha value is -0.960.